The number of para-hydroxylation sites is 1. The largest absolute Gasteiger partial charge is 0.360 e. The van der Waals surface area contributed by atoms with Crippen molar-refractivity contribution in [3.05, 3.63) is 41.1 Å². The van der Waals surface area contributed by atoms with Crippen LogP contribution in [0.25, 0.3) is 22.2 Å². The van der Waals surface area contributed by atoms with Gasteiger partial charge in [-0.3, -0.25) is 0 Å². The Kier molecular flexibility index (Phi) is 4.51. The Morgan fingerprint density at radius 2 is 1.85 bits per heavy atom. The fourth-order valence-corrected chi connectivity index (χ4v) is 5.00. The number of fused-ring (bicyclic) bond motifs is 1. The third-order valence-electron chi connectivity index (χ3n) is 5.12. The van der Waals surface area contributed by atoms with Crippen LogP contribution in [-0.4, -0.2) is 32.1 Å². The minimum atomic E-state index is 0.0835. The Hall–Kier alpha value is -1.92. The molecule has 3 aromatic rings. The van der Waals surface area contributed by atoms with Crippen molar-refractivity contribution in [1.29, 1.82) is 0 Å². The maximum Gasteiger partial charge on any atom is 0.223 e. The van der Waals surface area contributed by atoms with Crippen molar-refractivity contribution in [2.24, 2.45) is 0 Å². The Bertz CT molecular complexity index is 960. The van der Waals surface area contributed by atoms with E-state index in [1.54, 1.807) is 0 Å². The average Bonchev–Trinajstić information content (AvgIpc) is 2.97. The van der Waals surface area contributed by atoms with E-state index in [2.05, 4.69) is 70.3 Å². The highest BCUT2D eigenvalue weighted by atomic mass is 79.9. The topological polar surface area (TPSA) is 65.6 Å². The van der Waals surface area contributed by atoms with E-state index in [1.165, 1.54) is 0 Å². The van der Waals surface area contributed by atoms with Crippen molar-refractivity contribution in [2.75, 3.05) is 5.32 Å². The third-order valence-corrected chi connectivity index (χ3v) is 5.78. The number of hydrogen-bond acceptors (Lipinski definition) is 4. The number of aromatic nitrogens is 3. The SMILES string of the molecule is CC1(C)CC(Nc2nccc(-c3c[nH]c4c(Br)cccc34)n2)CC(C)(C)N1. The van der Waals surface area contributed by atoms with E-state index >= 15 is 0 Å². The second-order valence-corrected chi connectivity index (χ2v) is 9.63. The van der Waals surface area contributed by atoms with Gasteiger partial charge >= 0.3 is 0 Å². The van der Waals surface area contributed by atoms with Crippen molar-refractivity contribution in [2.45, 2.75) is 57.7 Å². The molecule has 0 aliphatic carbocycles. The molecule has 4 rings (SSSR count). The van der Waals surface area contributed by atoms with Gasteiger partial charge in [-0.2, -0.15) is 0 Å². The summed E-state index contributed by atoms with van der Waals surface area (Å²) in [6, 6.07) is 8.49. The number of hydrogen-bond donors (Lipinski definition) is 3. The number of H-pyrrole nitrogens is 1. The van der Waals surface area contributed by atoms with Crippen molar-refractivity contribution >= 4 is 32.8 Å². The van der Waals surface area contributed by atoms with E-state index in [0.717, 1.165) is 39.5 Å². The van der Waals surface area contributed by atoms with E-state index in [1.807, 2.05) is 30.6 Å². The lowest BCUT2D eigenvalue weighted by Crippen LogP contribution is -2.60. The van der Waals surface area contributed by atoms with Gasteiger partial charge in [0.15, 0.2) is 0 Å². The Labute approximate surface area is 168 Å². The van der Waals surface area contributed by atoms with E-state index in [9.17, 15) is 0 Å². The summed E-state index contributed by atoms with van der Waals surface area (Å²) in [6.45, 7) is 9.01. The van der Waals surface area contributed by atoms with Gasteiger partial charge in [-0.1, -0.05) is 12.1 Å². The molecule has 5 nitrogen and oxygen atoms in total. The second-order valence-electron chi connectivity index (χ2n) is 8.77. The minimum Gasteiger partial charge on any atom is -0.360 e. The van der Waals surface area contributed by atoms with Crippen LogP contribution in [0.5, 0.6) is 0 Å². The number of nitrogens with zero attached hydrogens (tertiary/aromatic N) is 2. The first-order valence-corrected chi connectivity index (χ1v) is 10.2. The monoisotopic (exact) mass is 427 g/mol. The summed E-state index contributed by atoms with van der Waals surface area (Å²) >= 11 is 3.60. The molecule has 0 atom stereocenters. The zero-order chi connectivity index (χ0) is 19.2. The first-order valence-electron chi connectivity index (χ1n) is 9.37. The number of halogens is 1. The maximum absolute atomic E-state index is 4.81. The Morgan fingerprint density at radius 1 is 1.11 bits per heavy atom. The molecule has 0 spiro atoms. The first kappa shape index (κ1) is 18.4. The molecule has 1 aromatic carbocycles. The summed E-state index contributed by atoms with van der Waals surface area (Å²) in [5.41, 5.74) is 3.26. The molecule has 0 amide bonds. The lowest BCUT2D eigenvalue weighted by Gasteiger charge is -2.46. The van der Waals surface area contributed by atoms with Crippen LogP contribution >= 0.6 is 15.9 Å². The van der Waals surface area contributed by atoms with Crippen LogP contribution in [-0.2, 0) is 0 Å². The molecule has 0 bridgehead atoms. The van der Waals surface area contributed by atoms with Crippen LogP contribution < -0.4 is 10.6 Å². The number of anilines is 1. The average molecular weight is 428 g/mol. The molecule has 1 aliphatic heterocycles. The molecule has 27 heavy (non-hydrogen) atoms. The zero-order valence-corrected chi connectivity index (χ0v) is 17.8. The molecule has 1 fully saturated rings. The quantitative estimate of drug-likeness (QED) is 0.543. The number of nitrogens with one attached hydrogen (secondary N) is 3. The van der Waals surface area contributed by atoms with Crippen LogP contribution in [0.2, 0.25) is 0 Å². The van der Waals surface area contributed by atoms with Gasteiger partial charge in [-0.05, 0) is 68.6 Å². The van der Waals surface area contributed by atoms with Crippen molar-refractivity contribution in [3.63, 3.8) is 0 Å². The van der Waals surface area contributed by atoms with Crippen LogP contribution in [0.4, 0.5) is 5.95 Å². The summed E-state index contributed by atoms with van der Waals surface area (Å²) in [5, 5.41) is 8.44. The van der Waals surface area contributed by atoms with Crippen LogP contribution in [0, 0.1) is 0 Å². The normalized spacial score (nSPS) is 19.3. The van der Waals surface area contributed by atoms with E-state index in [4.69, 9.17) is 4.98 Å². The summed E-state index contributed by atoms with van der Waals surface area (Å²) in [7, 11) is 0. The second kappa shape index (κ2) is 6.60. The third kappa shape index (κ3) is 3.87. The van der Waals surface area contributed by atoms with Crippen molar-refractivity contribution in [3.8, 4) is 11.3 Å². The van der Waals surface area contributed by atoms with Gasteiger partial charge in [0.25, 0.3) is 0 Å². The predicted octanol–water partition coefficient (Wildman–Crippen LogP) is 5.11. The Balaban J connectivity index is 1.62. The number of piperidine rings is 1. The molecular weight excluding hydrogens is 402 g/mol. The first-order chi connectivity index (χ1) is 12.7. The highest BCUT2D eigenvalue weighted by Gasteiger charge is 2.37. The molecule has 3 heterocycles. The van der Waals surface area contributed by atoms with Crippen LogP contribution in [0.15, 0.2) is 41.1 Å². The number of rotatable bonds is 3. The summed E-state index contributed by atoms with van der Waals surface area (Å²) < 4.78 is 1.05. The Morgan fingerprint density at radius 3 is 2.59 bits per heavy atom. The lowest BCUT2D eigenvalue weighted by atomic mass is 9.80. The highest BCUT2D eigenvalue weighted by Crippen LogP contribution is 2.33. The number of benzene rings is 1. The van der Waals surface area contributed by atoms with Crippen LogP contribution in [0.1, 0.15) is 40.5 Å². The predicted molar refractivity (Wildman–Crippen MR) is 115 cm³/mol. The highest BCUT2D eigenvalue weighted by molar-refractivity contribution is 9.10. The van der Waals surface area contributed by atoms with E-state index < -0.39 is 0 Å². The summed E-state index contributed by atoms with van der Waals surface area (Å²) in [6.07, 6.45) is 5.91. The maximum atomic E-state index is 4.81. The molecule has 2 aromatic heterocycles. The van der Waals surface area contributed by atoms with Gasteiger partial charge in [0.05, 0.1) is 11.2 Å². The zero-order valence-electron chi connectivity index (χ0n) is 16.2. The standard InChI is InChI=1S/C21H26BrN5/c1-20(2)10-13(11-21(3,4)27-20)25-19-23-9-8-17(26-19)15-12-24-18-14(15)6-5-7-16(18)22/h5-9,12-13,24,27H,10-11H2,1-4H3,(H,23,25,26). The molecule has 6 heteroatoms. The molecule has 142 valence electrons. The van der Waals surface area contributed by atoms with Crippen molar-refractivity contribution in [1.82, 2.24) is 20.3 Å². The van der Waals surface area contributed by atoms with Gasteiger partial charge in [0.2, 0.25) is 5.95 Å². The minimum absolute atomic E-state index is 0.0835. The molecule has 3 N–H and O–H groups in total. The molecule has 0 unspecified atom stereocenters. The smallest absolute Gasteiger partial charge is 0.223 e. The molecule has 1 saturated heterocycles. The molecular formula is C21H26BrN5. The van der Waals surface area contributed by atoms with Gasteiger partial charge in [-0.25, -0.2) is 9.97 Å². The van der Waals surface area contributed by atoms with Gasteiger partial charge in [-0.15, -0.1) is 0 Å². The van der Waals surface area contributed by atoms with Gasteiger partial charge < -0.3 is 15.6 Å². The molecule has 1 aliphatic rings. The lowest BCUT2D eigenvalue weighted by molar-refractivity contribution is 0.170. The van der Waals surface area contributed by atoms with Crippen LogP contribution in [0.3, 0.4) is 0 Å². The van der Waals surface area contributed by atoms with E-state index in [-0.39, 0.29) is 11.1 Å². The van der Waals surface area contributed by atoms with E-state index in [0.29, 0.717) is 12.0 Å². The van der Waals surface area contributed by atoms with Crippen molar-refractivity contribution < 1.29 is 0 Å². The fraction of sp³-hybridized carbons (Fsp3) is 0.429. The summed E-state index contributed by atoms with van der Waals surface area (Å²) in [4.78, 5) is 12.6. The molecule has 0 saturated carbocycles. The fourth-order valence-electron chi connectivity index (χ4n) is 4.51. The molecule has 0 radical (unpaired) electrons. The summed E-state index contributed by atoms with van der Waals surface area (Å²) in [5.74, 6) is 0.690. The van der Waals surface area contributed by atoms with Gasteiger partial charge in [0.1, 0.15) is 0 Å². The van der Waals surface area contributed by atoms with Gasteiger partial charge in [0, 0.05) is 44.9 Å². The number of aromatic amines is 1.